The minimum absolute atomic E-state index is 0.0285. The van der Waals surface area contributed by atoms with Crippen LogP contribution in [-0.2, 0) is 31.2 Å². The van der Waals surface area contributed by atoms with E-state index in [0.29, 0.717) is 37.9 Å². The van der Waals surface area contributed by atoms with E-state index in [-0.39, 0.29) is 18.4 Å². The highest BCUT2D eigenvalue weighted by Crippen LogP contribution is 2.49. The van der Waals surface area contributed by atoms with Crippen molar-refractivity contribution in [2.75, 3.05) is 37.7 Å². The standard InChI is InChI=1S/C32H32N8O3/c1-3-40-25-8-5-19(43-18-26(41)38-11-13-39(14-12-38)32-33-9-4-10-34-32)15-21(25)28-22-16-35-31(42)29(22)27-20(30(28)40)6-7-24-23(27)17-37(2)36-24/h4-5,8-10,15-17,35,42H,3,6-7,11-14,18H2,1-2H3. The van der Waals surface area contributed by atoms with Gasteiger partial charge in [0.05, 0.1) is 16.6 Å². The number of carbonyl (C=O) groups excluding carboxylic acids is 1. The molecule has 0 atom stereocenters. The molecule has 4 aromatic heterocycles. The maximum atomic E-state index is 13.1. The minimum Gasteiger partial charge on any atom is -0.494 e. The summed E-state index contributed by atoms with van der Waals surface area (Å²) in [7, 11) is 1.94. The molecular formula is C32H32N8O3. The average Bonchev–Trinajstić information content (AvgIpc) is 3.72. The molecular weight excluding hydrogens is 544 g/mol. The van der Waals surface area contributed by atoms with Gasteiger partial charge in [0, 0.05) is 97.4 Å². The summed E-state index contributed by atoms with van der Waals surface area (Å²) in [5.41, 5.74) is 6.72. The van der Waals surface area contributed by atoms with E-state index in [1.165, 1.54) is 11.1 Å². The summed E-state index contributed by atoms with van der Waals surface area (Å²) in [5.74, 6) is 1.47. The largest absolute Gasteiger partial charge is 0.494 e. The first kappa shape index (κ1) is 25.6. The molecule has 0 radical (unpaired) electrons. The molecule has 2 N–H and O–H groups in total. The van der Waals surface area contributed by atoms with Crippen LogP contribution in [0.25, 0.3) is 43.7 Å². The molecule has 8 rings (SSSR count). The summed E-state index contributed by atoms with van der Waals surface area (Å²) in [6.45, 7) is 5.50. The molecule has 1 saturated heterocycles. The Morgan fingerprint density at radius 3 is 2.67 bits per heavy atom. The van der Waals surface area contributed by atoms with Gasteiger partial charge in [-0.15, -0.1) is 0 Å². The number of carbonyl (C=O) groups is 1. The molecule has 0 saturated carbocycles. The third-order valence-electron chi connectivity index (χ3n) is 8.93. The highest BCUT2D eigenvalue weighted by Gasteiger charge is 2.30. The lowest BCUT2D eigenvalue weighted by molar-refractivity contribution is -0.133. The van der Waals surface area contributed by atoms with E-state index < -0.39 is 0 Å². The molecule has 43 heavy (non-hydrogen) atoms. The lowest BCUT2D eigenvalue weighted by Crippen LogP contribution is -2.50. The molecule has 1 aliphatic heterocycles. The molecule has 5 heterocycles. The van der Waals surface area contributed by atoms with E-state index in [0.717, 1.165) is 63.3 Å². The highest BCUT2D eigenvalue weighted by molar-refractivity contribution is 6.26. The number of hydrogen-bond donors (Lipinski definition) is 2. The second-order valence-electron chi connectivity index (χ2n) is 11.3. The fourth-order valence-electron chi connectivity index (χ4n) is 7.03. The van der Waals surface area contributed by atoms with Gasteiger partial charge in [-0.25, -0.2) is 9.97 Å². The predicted octanol–water partition coefficient (Wildman–Crippen LogP) is 4.02. The van der Waals surface area contributed by atoms with Crippen molar-refractivity contribution in [2.24, 2.45) is 7.05 Å². The number of amides is 1. The fourth-order valence-corrected chi connectivity index (χ4v) is 7.03. The monoisotopic (exact) mass is 576 g/mol. The van der Waals surface area contributed by atoms with Crippen molar-refractivity contribution in [3.8, 4) is 22.8 Å². The number of aromatic hydroxyl groups is 1. The van der Waals surface area contributed by atoms with Gasteiger partial charge < -0.3 is 29.2 Å². The number of H-pyrrole nitrogens is 1. The maximum Gasteiger partial charge on any atom is 0.260 e. The van der Waals surface area contributed by atoms with Crippen LogP contribution in [0, 0.1) is 0 Å². The fraction of sp³-hybridized carbons (Fsp3) is 0.312. The van der Waals surface area contributed by atoms with Crippen LogP contribution in [0.4, 0.5) is 5.95 Å². The van der Waals surface area contributed by atoms with Crippen LogP contribution in [-0.4, -0.2) is 78.0 Å². The summed E-state index contributed by atoms with van der Waals surface area (Å²) < 4.78 is 10.3. The number of fused-ring (bicyclic) bond motifs is 10. The number of aromatic amines is 1. The number of nitrogens with zero attached hydrogens (tertiary/aromatic N) is 7. The Kier molecular flexibility index (Phi) is 5.82. The van der Waals surface area contributed by atoms with Gasteiger partial charge in [0.1, 0.15) is 5.75 Å². The van der Waals surface area contributed by atoms with E-state index in [9.17, 15) is 9.90 Å². The van der Waals surface area contributed by atoms with Crippen molar-refractivity contribution in [1.29, 1.82) is 0 Å². The first-order valence-electron chi connectivity index (χ1n) is 14.8. The van der Waals surface area contributed by atoms with Gasteiger partial charge in [0.25, 0.3) is 5.91 Å². The number of nitrogens with one attached hydrogen (secondary N) is 1. The smallest absolute Gasteiger partial charge is 0.260 e. The van der Waals surface area contributed by atoms with E-state index in [2.05, 4.69) is 43.6 Å². The number of piperazine rings is 1. The summed E-state index contributed by atoms with van der Waals surface area (Å²) in [4.78, 5) is 28.7. The maximum absolute atomic E-state index is 13.1. The number of aromatic nitrogens is 6. The van der Waals surface area contributed by atoms with Crippen LogP contribution >= 0.6 is 0 Å². The van der Waals surface area contributed by atoms with Gasteiger partial charge in [-0.2, -0.15) is 5.10 Å². The molecule has 6 aromatic rings. The molecule has 1 amide bonds. The lowest BCUT2D eigenvalue weighted by atomic mass is 9.85. The van der Waals surface area contributed by atoms with Gasteiger partial charge in [0.2, 0.25) is 5.95 Å². The predicted molar refractivity (Wildman–Crippen MR) is 165 cm³/mol. The molecule has 0 bridgehead atoms. The number of rotatable bonds is 5. The number of aryl methyl sites for hydroxylation is 4. The van der Waals surface area contributed by atoms with Gasteiger partial charge in [-0.3, -0.25) is 9.48 Å². The van der Waals surface area contributed by atoms with E-state index in [1.54, 1.807) is 18.5 Å². The third-order valence-corrected chi connectivity index (χ3v) is 8.93. The average molecular weight is 577 g/mol. The van der Waals surface area contributed by atoms with Gasteiger partial charge >= 0.3 is 0 Å². The Morgan fingerprint density at radius 1 is 1.07 bits per heavy atom. The summed E-state index contributed by atoms with van der Waals surface area (Å²) in [5, 5.41) is 19.7. The van der Waals surface area contributed by atoms with Crippen molar-refractivity contribution in [3.63, 3.8) is 0 Å². The molecule has 0 spiro atoms. The van der Waals surface area contributed by atoms with Crippen molar-refractivity contribution in [3.05, 3.63) is 60.3 Å². The molecule has 1 aliphatic carbocycles. The second-order valence-corrected chi connectivity index (χ2v) is 11.3. The zero-order chi connectivity index (χ0) is 29.2. The zero-order valence-corrected chi connectivity index (χ0v) is 24.2. The third kappa shape index (κ3) is 3.94. The Hall–Kier alpha value is -5.06. The summed E-state index contributed by atoms with van der Waals surface area (Å²) >= 11 is 0. The topological polar surface area (TPSA) is 117 Å². The normalized spacial score (nSPS) is 14.9. The van der Waals surface area contributed by atoms with E-state index >= 15 is 0 Å². The zero-order valence-electron chi connectivity index (χ0n) is 24.2. The quantitative estimate of drug-likeness (QED) is 0.318. The minimum atomic E-state index is -0.0380. The highest BCUT2D eigenvalue weighted by atomic mass is 16.5. The van der Waals surface area contributed by atoms with E-state index in [1.807, 2.05) is 35.0 Å². The SMILES string of the molecule is CCn1c2ccc(OCC(=O)N3CCN(c4ncccn4)CC3)cc2c2c3c[nH]c(O)c3c3c(c21)CCc1nn(C)cc1-3. The Morgan fingerprint density at radius 2 is 1.88 bits per heavy atom. The van der Waals surface area contributed by atoms with Gasteiger partial charge in [-0.1, -0.05) is 0 Å². The van der Waals surface area contributed by atoms with Crippen LogP contribution in [0.2, 0.25) is 0 Å². The number of benzene rings is 2. The second kappa shape index (κ2) is 9.75. The first-order chi connectivity index (χ1) is 21.0. The number of anilines is 1. The molecule has 2 aliphatic rings. The van der Waals surface area contributed by atoms with Gasteiger partial charge in [-0.05, 0) is 49.6 Å². The van der Waals surface area contributed by atoms with Crippen LogP contribution in [0.15, 0.2) is 49.1 Å². The Balaban J connectivity index is 1.13. The molecule has 2 aromatic carbocycles. The Bertz CT molecular complexity index is 2030. The van der Waals surface area contributed by atoms with Crippen LogP contribution < -0.4 is 9.64 Å². The van der Waals surface area contributed by atoms with Crippen LogP contribution in [0.3, 0.4) is 0 Å². The van der Waals surface area contributed by atoms with Crippen molar-refractivity contribution >= 4 is 44.4 Å². The van der Waals surface area contributed by atoms with Crippen LogP contribution in [0.5, 0.6) is 11.6 Å². The summed E-state index contributed by atoms with van der Waals surface area (Å²) in [6.07, 6.45) is 9.11. The van der Waals surface area contributed by atoms with Crippen molar-refractivity contribution in [2.45, 2.75) is 26.3 Å². The molecule has 0 unspecified atom stereocenters. The van der Waals surface area contributed by atoms with Crippen LogP contribution in [0.1, 0.15) is 18.2 Å². The number of ether oxygens (including phenoxy) is 1. The molecule has 11 heteroatoms. The van der Waals surface area contributed by atoms with E-state index in [4.69, 9.17) is 9.84 Å². The Labute approximate surface area is 247 Å². The van der Waals surface area contributed by atoms with Crippen molar-refractivity contribution in [1.82, 2.24) is 34.2 Å². The lowest BCUT2D eigenvalue weighted by Gasteiger charge is -2.34. The first-order valence-corrected chi connectivity index (χ1v) is 14.8. The number of hydrogen-bond acceptors (Lipinski definition) is 7. The summed E-state index contributed by atoms with van der Waals surface area (Å²) in [6, 6.07) is 7.87. The molecule has 218 valence electrons. The molecule has 1 fully saturated rings. The molecule has 11 nitrogen and oxygen atoms in total. The van der Waals surface area contributed by atoms with Gasteiger partial charge in [0.15, 0.2) is 12.5 Å². The van der Waals surface area contributed by atoms with Crippen molar-refractivity contribution < 1.29 is 14.6 Å².